The van der Waals surface area contributed by atoms with E-state index in [1.165, 1.54) is 0 Å². The highest BCUT2D eigenvalue weighted by molar-refractivity contribution is 6.29. The molecule has 6 heteroatoms. The molecule has 3 N–H and O–H groups in total. The number of fused-ring (bicyclic) bond motifs is 1. The largest absolute Gasteiger partial charge is 0.486 e. The van der Waals surface area contributed by atoms with Gasteiger partial charge in [0, 0.05) is 11.8 Å². The lowest BCUT2D eigenvalue weighted by Crippen LogP contribution is -2.15. The van der Waals surface area contributed by atoms with Gasteiger partial charge in [0.2, 0.25) is 0 Å². The van der Waals surface area contributed by atoms with Crippen LogP contribution in [-0.4, -0.2) is 18.2 Å². The number of halogens is 1. The van der Waals surface area contributed by atoms with Gasteiger partial charge in [-0.3, -0.25) is 0 Å². The van der Waals surface area contributed by atoms with Crippen molar-refractivity contribution in [3.05, 3.63) is 35.5 Å². The third kappa shape index (κ3) is 2.51. The van der Waals surface area contributed by atoms with Crippen LogP contribution in [0.2, 0.25) is 5.15 Å². The Labute approximate surface area is 115 Å². The number of benzene rings is 1. The molecule has 3 rings (SSSR count). The van der Waals surface area contributed by atoms with Gasteiger partial charge in [-0.15, -0.1) is 0 Å². The minimum atomic E-state index is 0.384. The molecule has 0 aliphatic carbocycles. The summed E-state index contributed by atoms with van der Waals surface area (Å²) in [6.45, 7) is 1.12. The lowest BCUT2D eigenvalue weighted by atomic mass is 10.2. The van der Waals surface area contributed by atoms with Gasteiger partial charge < -0.3 is 20.5 Å². The van der Waals surface area contributed by atoms with Gasteiger partial charge in [0.15, 0.2) is 17.3 Å². The number of aromatic nitrogens is 1. The Balaban J connectivity index is 1.89. The van der Waals surface area contributed by atoms with E-state index >= 15 is 0 Å². The third-order valence-corrected chi connectivity index (χ3v) is 2.91. The fourth-order valence-corrected chi connectivity index (χ4v) is 1.95. The molecule has 0 spiro atoms. The number of ether oxygens (including phenoxy) is 2. The first-order valence-electron chi connectivity index (χ1n) is 5.81. The van der Waals surface area contributed by atoms with E-state index in [-0.39, 0.29) is 0 Å². The number of anilines is 3. The topological polar surface area (TPSA) is 69.4 Å². The van der Waals surface area contributed by atoms with E-state index in [1.807, 2.05) is 18.2 Å². The lowest BCUT2D eigenvalue weighted by Gasteiger charge is -2.19. The maximum absolute atomic E-state index is 5.85. The molecule has 2 aromatic rings. The molecule has 19 heavy (non-hydrogen) atoms. The second-order valence-electron chi connectivity index (χ2n) is 4.06. The summed E-state index contributed by atoms with van der Waals surface area (Å²) in [5.41, 5.74) is 7.17. The molecule has 1 aromatic carbocycles. The van der Waals surface area contributed by atoms with Crippen molar-refractivity contribution in [3.8, 4) is 11.5 Å². The molecule has 1 aliphatic rings. The van der Waals surface area contributed by atoms with Crippen LogP contribution < -0.4 is 20.5 Å². The number of rotatable bonds is 2. The van der Waals surface area contributed by atoms with Crippen LogP contribution in [0.3, 0.4) is 0 Å². The molecule has 0 saturated carbocycles. The monoisotopic (exact) mass is 277 g/mol. The first-order chi connectivity index (χ1) is 9.22. The molecule has 0 saturated heterocycles. The van der Waals surface area contributed by atoms with E-state index in [1.54, 1.807) is 12.1 Å². The Morgan fingerprint density at radius 2 is 1.89 bits per heavy atom. The van der Waals surface area contributed by atoms with Gasteiger partial charge in [-0.2, -0.15) is 0 Å². The molecule has 1 aromatic heterocycles. The van der Waals surface area contributed by atoms with Gasteiger partial charge in [0.1, 0.15) is 18.4 Å². The number of nitrogens with zero attached hydrogens (tertiary/aromatic N) is 1. The Morgan fingerprint density at radius 3 is 2.74 bits per heavy atom. The Bertz CT molecular complexity index is 619. The summed E-state index contributed by atoms with van der Waals surface area (Å²) >= 11 is 5.85. The van der Waals surface area contributed by atoms with E-state index < -0.39 is 0 Å². The van der Waals surface area contributed by atoms with Gasteiger partial charge in [-0.05, 0) is 24.3 Å². The highest BCUT2D eigenvalue weighted by Crippen LogP contribution is 2.34. The second kappa shape index (κ2) is 4.85. The van der Waals surface area contributed by atoms with Crippen LogP contribution in [0.5, 0.6) is 11.5 Å². The van der Waals surface area contributed by atoms with Gasteiger partial charge in [-0.1, -0.05) is 11.6 Å². The number of hydrogen-bond donors (Lipinski definition) is 2. The summed E-state index contributed by atoms with van der Waals surface area (Å²) in [4.78, 5) is 4.14. The molecule has 2 heterocycles. The predicted molar refractivity (Wildman–Crippen MR) is 74.4 cm³/mol. The molecule has 5 nitrogen and oxygen atoms in total. The first kappa shape index (κ1) is 11.9. The standard InChI is InChI=1S/C13H12ClN3O2/c14-12-4-2-9(15)13(17-12)16-8-1-3-10-11(7-8)19-6-5-18-10/h1-4,7H,5-6,15H2,(H,16,17). The minimum Gasteiger partial charge on any atom is -0.486 e. The molecule has 0 amide bonds. The molecule has 0 fully saturated rings. The highest BCUT2D eigenvalue weighted by atomic mass is 35.5. The van der Waals surface area contributed by atoms with Crippen molar-refractivity contribution in [2.24, 2.45) is 0 Å². The lowest BCUT2D eigenvalue weighted by molar-refractivity contribution is 0.171. The third-order valence-electron chi connectivity index (χ3n) is 2.70. The van der Waals surface area contributed by atoms with E-state index in [4.69, 9.17) is 26.8 Å². The van der Waals surface area contributed by atoms with Gasteiger partial charge in [0.25, 0.3) is 0 Å². The zero-order valence-electron chi connectivity index (χ0n) is 10.0. The van der Waals surface area contributed by atoms with Crippen molar-refractivity contribution in [2.75, 3.05) is 24.3 Å². The molecule has 0 radical (unpaired) electrons. The second-order valence-corrected chi connectivity index (χ2v) is 4.44. The molecule has 0 atom stereocenters. The van der Waals surface area contributed by atoms with Crippen molar-refractivity contribution in [3.63, 3.8) is 0 Å². The summed E-state index contributed by atoms with van der Waals surface area (Å²) in [5.74, 6) is 1.96. The summed E-state index contributed by atoms with van der Waals surface area (Å²) < 4.78 is 11.0. The Hall–Kier alpha value is -2.14. The van der Waals surface area contributed by atoms with Crippen LogP contribution in [0.15, 0.2) is 30.3 Å². The average Bonchev–Trinajstić information content (AvgIpc) is 2.43. The molecular formula is C13H12ClN3O2. The van der Waals surface area contributed by atoms with E-state index in [0.29, 0.717) is 35.6 Å². The van der Waals surface area contributed by atoms with Crippen molar-refractivity contribution < 1.29 is 9.47 Å². The molecule has 98 valence electrons. The highest BCUT2D eigenvalue weighted by Gasteiger charge is 2.12. The number of pyridine rings is 1. The number of hydrogen-bond acceptors (Lipinski definition) is 5. The number of nitrogen functional groups attached to an aromatic ring is 1. The van der Waals surface area contributed by atoms with Crippen LogP contribution in [0.25, 0.3) is 0 Å². The van der Waals surface area contributed by atoms with E-state index in [0.717, 1.165) is 11.4 Å². The van der Waals surface area contributed by atoms with Crippen molar-refractivity contribution in [2.45, 2.75) is 0 Å². The van der Waals surface area contributed by atoms with Crippen molar-refractivity contribution >= 4 is 28.8 Å². The molecular weight excluding hydrogens is 266 g/mol. The first-order valence-corrected chi connectivity index (χ1v) is 6.19. The van der Waals surface area contributed by atoms with Crippen LogP contribution in [0.1, 0.15) is 0 Å². The van der Waals surface area contributed by atoms with Crippen LogP contribution in [0.4, 0.5) is 17.2 Å². The molecule has 0 bridgehead atoms. The smallest absolute Gasteiger partial charge is 0.163 e. The summed E-state index contributed by atoms with van der Waals surface area (Å²) in [5, 5.41) is 3.49. The van der Waals surface area contributed by atoms with Gasteiger partial charge in [0.05, 0.1) is 5.69 Å². The minimum absolute atomic E-state index is 0.384. The summed E-state index contributed by atoms with van der Waals surface area (Å²) in [7, 11) is 0. The fraction of sp³-hybridized carbons (Fsp3) is 0.154. The quantitative estimate of drug-likeness (QED) is 0.826. The van der Waals surface area contributed by atoms with Crippen molar-refractivity contribution in [1.82, 2.24) is 4.98 Å². The summed E-state index contributed by atoms with van der Waals surface area (Å²) in [6.07, 6.45) is 0. The van der Waals surface area contributed by atoms with E-state index in [2.05, 4.69) is 10.3 Å². The number of nitrogens with one attached hydrogen (secondary N) is 1. The summed E-state index contributed by atoms with van der Waals surface area (Å²) in [6, 6.07) is 8.91. The van der Waals surface area contributed by atoms with Gasteiger partial charge in [-0.25, -0.2) is 4.98 Å². The maximum atomic E-state index is 5.85. The molecule has 1 aliphatic heterocycles. The SMILES string of the molecule is Nc1ccc(Cl)nc1Nc1ccc2c(c1)OCCO2. The number of nitrogens with two attached hydrogens (primary N) is 1. The van der Waals surface area contributed by atoms with Crippen molar-refractivity contribution in [1.29, 1.82) is 0 Å². The Kier molecular flexibility index (Phi) is 3.05. The predicted octanol–water partition coefficient (Wildman–Crippen LogP) is 2.83. The Morgan fingerprint density at radius 1 is 1.11 bits per heavy atom. The zero-order chi connectivity index (χ0) is 13.2. The van der Waals surface area contributed by atoms with Gasteiger partial charge >= 0.3 is 0 Å². The zero-order valence-corrected chi connectivity index (χ0v) is 10.8. The molecule has 0 unspecified atom stereocenters. The van der Waals surface area contributed by atoms with E-state index in [9.17, 15) is 0 Å². The van der Waals surface area contributed by atoms with Crippen LogP contribution in [0, 0.1) is 0 Å². The van der Waals surface area contributed by atoms with Crippen LogP contribution >= 0.6 is 11.6 Å². The maximum Gasteiger partial charge on any atom is 0.163 e. The normalized spacial score (nSPS) is 13.1. The van der Waals surface area contributed by atoms with Crippen LogP contribution in [-0.2, 0) is 0 Å². The fourth-order valence-electron chi connectivity index (χ4n) is 1.80. The average molecular weight is 278 g/mol.